The van der Waals surface area contributed by atoms with E-state index in [0.29, 0.717) is 22.1 Å². The van der Waals surface area contributed by atoms with Crippen LogP contribution in [0.5, 0.6) is 5.75 Å². The zero-order valence-corrected chi connectivity index (χ0v) is 16.3. The van der Waals surface area contributed by atoms with Crippen molar-refractivity contribution in [1.82, 2.24) is 0 Å². The quantitative estimate of drug-likeness (QED) is 0.776. The van der Waals surface area contributed by atoms with Gasteiger partial charge >= 0.3 is 0 Å². The van der Waals surface area contributed by atoms with Crippen molar-refractivity contribution in [2.45, 2.75) is 20.0 Å². The van der Waals surface area contributed by atoms with E-state index in [-0.39, 0.29) is 12.6 Å². The third-order valence-electron chi connectivity index (χ3n) is 3.31. The summed E-state index contributed by atoms with van der Waals surface area (Å²) >= 11 is 5.82. The van der Waals surface area contributed by atoms with Crippen molar-refractivity contribution in [2.75, 3.05) is 22.4 Å². The molecule has 0 atom stereocenters. The number of halogens is 1. The molecule has 0 spiro atoms. The molecule has 0 bridgehead atoms. The predicted molar refractivity (Wildman–Crippen MR) is 104 cm³/mol. The maximum Gasteiger partial charge on any atom is 0.245 e. The number of nitrogens with one attached hydrogen (secondary N) is 1. The van der Waals surface area contributed by atoms with Gasteiger partial charge in [-0.25, -0.2) is 8.42 Å². The van der Waals surface area contributed by atoms with E-state index in [4.69, 9.17) is 16.3 Å². The van der Waals surface area contributed by atoms with Crippen LogP contribution in [-0.4, -0.2) is 33.2 Å². The van der Waals surface area contributed by atoms with E-state index in [1.54, 1.807) is 48.5 Å². The van der Waals surface area contributed by atoms with Gasteiger partial charge in [-0.3, -0.25) is 9.10 Å². The molecule has 0 aliphatic rings. The van der Waals surface area contributed by atoms with E-state index in [2.05, 4.69) is 5.32 Å². The van der Waals surface area contributed by atoms with Gasteiger partial charge in [-0.15, -0.1) is 0 Å². The van der Waals surface area contributed by atoms with Crippen LogP contribution in [0, 0.1) is 0 Å². The van der Waals surface area contributed by atoms with Gasteiger partial charge < -0.3 is 10.1 Å². The molecule has 1 N–H and O–H groups in total. The van der Waals surface area contributed by atoms with Crippen molar-refractivity contribution in [3.63, 3.8) is 0 Å². The van der Waals surface area contributed by atoms with Gasteiger partial charge in [-0.2, -0.15) is 0 Å². The summed E-state index contributed by atoms with van der Waals surface area (Å²) in [5.74, 6) is -0.0793. The average molecular weight is 397 g/mol. The minimum atomic E-state index is -3.70. The Balaban J connectivity index is 2.26. The summed E-state index contributed by atoms with van der Waals surface area (Å²) in [6.07, 6.45) is 0.912. The van der Waals surface area contributed by atoms with Gasteiger partial charge in [0.15, 0.2) is 0 Å². The predicted octanol–water partition coefficient (Wildman–Crippen LogP) is 3.53. The van der Waals surface area contributed by atoms with Crippen LogP contribution >= 0.6 is 11.6 Å². The molecular weight excluding hydrogens is 376 g/mol. The number of nitrogens with zero attached hydrogens (tertiary/aromatic N) is 1. The third kappa shape index (κ3) is 5.64. The first-order valence-corrected chi connectivity index (χ1v) is 10.2. The minimum absolute atomic E-state index is 0.138. The van der Waals surface area contributed by atoms with Crippen LogP contribution in [0.4, 0.5) is 11.4 Å². The SMILES string of the molecule is CC(C)Oc1ccccc1N(CC(=O)Nc1ccc(Cl)cc1)S(C)(=O)=O. The largest absolute Gasteiger partial charge is 0.489 e. The lowest BCUT2D eigenvalue weighted by molar-refractivity contribution is -0.114. The zero-order valence-electron chi connectivity index (χ0n) is 14.8. The van der Waals surface area contributed by atoms with Crippen molar-refractivity contribution in [3.8, 4) is 5.75 Å². The maximum absolute atomic E-state index is 12.4. The van der Waals surface area contributed by atoms with Crippen LogP contribution in [0.1, 0.15) is 13.8 Å². The van der Waals surface area contributed by atoms with Gasteiger partial charge in [0, 0.05) is 10.7 Å². The van der Waals surface area contributed by atoms with Gasteiger partial charge in [0.25, 0.3) is 0 Å². The molecule has 0 radical (unpaired) electrons. The number of ether oxygens (including phenoxy) is 1. The average Bonchev–Trinajstić information content (AvgIpc) is 2.54. The summed E-state index contributed by atoms with van der Waals surface area (Å²) < 4.78 is 31.3. The van der Waals surface area contributed by atoms with E-state index >= 15 is 0 Å². The molecule has 0 saturated heterocycles. The van der Waals surface area contributed by atoms with E-state index < -0.39 is 15.9 Å². The Hall–Kier alpha value is -2.25. The first-order chi connectivity index (χ1) is 12.2. The zero-order chi connectivity index (χ0) is 19.3. The summed E-state index contributed by atoms with van der Waals surface area (Å²) in [6.45, 7) is 3.31. The number of para-hydroxylation sites is 2. The van der Waals surface area contributed by atoms with Crippen LogP contribution in [0.2, 0.25) is 5.02 Å². The normalized spacial score (nSPS) is 11.3. The van der Waals surface area contributed by atoms with Crippen molar-refractivity contribution in [3.05, 3.63) is 53.6 Å². The highest BCUT2D eigenvalue weighted by molar-refractivity contribution is 7.92. The standard InChI is InChI=1S/C18H21ClN2O4S/c1-13(2)25-17-7-5-4-6-16(17)21(26(3,23)24)12-18(22)20-15-10-8-14(19)9-11-15/h4-11,13H,12H2,1-3H3,(H,20,22). The number of carbonyl (C=O) groups excluding carboxylic acids is 1. The number of sulfonamides is 1. The molecule has 26 heavy (non-hydrogen) atoms. The molecule has 8 heteroatoms. The highest BCUT2D eigenvalue weighted by atomic mass is 35.5. The molecule has 1 amide bonds. The summed E-state index contributed by atoms with van der Waals surface area (Å²) in [7, 11) is -3.70. The summed E-state index contributed by atoms with van der Waals surface area (Å²) in [5, 5.41) is 3.20. The summed E-state index contributed by atoms with van der Waals surface area (Å²) in [4.78, 5) is 12.4. The Bertz CT molecular complexity index is 867. The van der Waals surface area contributed by atoms with Gasteiger partial charge in [-0.05, 0) is 50.2 Å². The summed E-state index contributed by atoms with van der Waals surface area (Å²) in [5.41, 5.74) is 0.842. The lowest BCUT2D eigenvalue weighted by atomic mass is 10.2. The van der Waals surface area contributed by atoms with Crippen LogP contribution < -0.4 is 14.4 Å². The second-order valence-electron chi connectivity index (χ2n) is 5.96. The number of amides is 1. The molecule has 0 aromatic heterocycles. The number of hydrogen-bond donors (Lipinski definition) is 1. The third-order valence-corrected chi connectivity index (χ3v) is 4.69. The molecule has 0 heterocycles. The van der Waals surface area contributed by atoms with E-state index in [9.17, 15) is 13.2 Å². The highest BCUT2D eigenvalue weighted by Gasteiger charge is 2.24. The topological polar surface area (TPSA) is 75.7 Å². The fourth-order valence-electron chi connectivity index (χ4n) is 2.26. The van der Waals surface area contributed by atoms with E-state index in [1.807, 2.05) is 13.8 Å². The second kappa shape index (κ2) is 8.42. The highest BCUT2D eigenvalue weighted by Crippen LogP contribution is 2.30. The first-order valence-electron chi connectivity index (χ1n) is 7.95. The molecule has 0 aliphatic heterocycles. The number of hydrogen-bond acceptors (Lipinski definition) is 4. The smallest absolute Gasteiger partial charge is 0.245 e. The van der Waals surface area contributed by atoms with Crippen LogP contribution in [-0.2, 0) is 14.8 Å². The van der Waals surface area contributed by atoms with Gasteiger partial charge in [0.1, 0.15) is 12.3 Å². The number of carbonyl (C=O) groups is 1. The monoisotopic (exact) mass is 396 g/mol. The molecule has 2 rings (SSSR count). The van der Waals surface area contributed by atoms with Crippen LogP contribution in [0.15, 0.2) is 48.5 Å². The molecule has 2 aromatic rings. The fraction of sp³-hybridized carbons (Fsp3) is 0.278. The number of rotatable bonds is 7. The van der Waals surface area contributed by atoms with Crippen LogP contribution in [0.3, 0.4) is 0 Å². The fourth-order valence-corrected chi connectivity index (χ4v) is 3.25. The molecule has 0 fully saturated rings. The van der Waals surface area contributed by atoms with Gasteiger partial charge in [-0.1, -0.05) is 23.7 Å². The van der Waals surface area contributed by atoms with Crippen LogP contribution in [0.25, 0.3) is 0 Å². The molecule has 2 aromatic carbocycles. The molecule has 6 nitrogen and oxygen atoms in total. The molecular formula is C18H21ClN2O4S. The van der Waals surface area contributed by atoms with E-state index in [0.717, 1.165) is 10.6 Å². The number of anilines is 2. The van der Waals surface area contributed by atoms with Crippen molar-refractivity contribution >= 4 is 38.9 Å². The van der Waals surface area contributed by atoms with Crippen molar-refractivity contribution in [1.29, 1.82) is 0 Å². The van der Waals surface area contributed by atoms with Gasteiger partial charge in [0.2, 0.25) is 15.9 Å². The van der Waals surface area contributed by atoms with Crippen molar-refractivity contribution in [2.24, 2.45) is 0 Å². The molecule has 140 valence electrons. The summed E-state index contributed by atoms with van der Waals surface area (Å²) in [6, 6.07) is 13.3. The maximum atomic E-state index is 12.4. The van der Waals surface area contributed by atoms with E-state index in [1.165, 1.54) is 0 Å². The molecule has 0 unspecified atom stereocenters. The Morgan fingerprint density at radius 2 is 1.77 bits per heavy atom. The Morgan fingerprint density at radius 3 is 2.35 bits per heavy atom. The lowest BCUT2D eigenvalue weighted by Crippen LogP contribution is -2.37. The second-order valence-corrected chi connectivity index (χ2v) is 8.30. The Labute approximate surface area is 158 Å². The lowest BCUT2D eigenvalue weighted by Gasteiger charge is -2.25. The molecule has 0 saturated carbocycles. The first kappa shape index (κ1) is 20.1. The number of benzene rings is 2. The molecule has 0 aliphatic carbocycles. The van der Waals surface area contributed by atoms with Gasteiger partial charge in [0.05, 0.1) is 18.0 Å². The minimum Gasteiger partial charge on any atom is -0.489 e. The Kier molecular flexibility index (Phi) is 6.50. The Morgan fingerprint density at radius 1 is 1.15 bits per heavy atom. The van der Waals surface area contributed by atoms with Crippen molar-refractivity contribution < 1.29 is 17.9 Å².